The minimum absolute atomic E-state index is 0.00591. The van der Waals surface area contributed by atoms with E-state index in [9.17, 15) is 9.59 Å². The summed E-state index contributed by atoms with van der Waals surface area (Å²) < 4.78 is 22.0. The minimum Gasteiger partial charge on any atom is -0.446 e. The molecule has 1 saturated heterocycles. The molecule has 2 fully saturated rings. The highest BCUT2D eigenvalue weighted by Gasteiger charge is 2.42. The van der Waals surface area contributed by atoms with Gasteiger partial charge in [-0.05, 0) is 60.3 Å². The number of amides is 2. The Labute approximate surface area is 279 Å². The zero-order valence-electron chi connectivity index (χ0n) is 27.9. The molecule has 0 radical (unpaired) electrons. The van der Waals surface area contributed by atoms with Crippen molar-refractivity contribution in [2.45, 2.75) is 44.5 Å². The van der Waals surface area contributed by atoms with Crippen LogP contribution in [0, 0.1) is 11.8 Å². The van der Waals surface area contributed by atoms with E-state index in [-0.39, 0.29) is 18.1 Å². The molecule has 0 aromatic heterocycles. The molecule has 1 saturated carbocycles. The largest absolute Gasteiger partial charge is 0.446 e. The first-order chi connectivity index (χ1) is 22.9. The van der Waals surface area contributed by atoms with Crippen LogP contribution in [0.5, 0.6) is 0 Å². The van der Waals surface area contributed by atoms with Crippen LogP contribution in [-0.2, 0) is 36.6 Å². The van der Waals surface area contributed by atoms with E-state index in [4.69, 9.17) is 18.9 Å². The van der Waals surface area contributed by atoms with Crippen molar-refractivity contribution in [3.63, 3.8) is 0 Å². The highest BCUT2D eigenvalue weighted by molar-refractivity contribution is 5.91. The second-order valence-corrected chi connectivity index (χ2v) is 12.7. The number of para-hydroxylation sites is 1. The van der Waals surface area contributed by atoms with Gasteiger partial charge >= 0.3 is 6.09 Å². The maximum Gasteiger partial charge on any atom is 0.411 e. The zero-order valence-corrected chi connectivity index (χ0v) is 27.9. The number of fused-ring (bicyclic) bond motifs is 1. The number of likely N-dealkylation sites (tertiary alicyclic amines) is 1. The summed E-state index contributed by atoms with van der Waals surface area (Å²) in [5.74, 6) is 1.15. The van der Waals surface area contributed by atoms with E-state index in [1.807, 2.05) is 54.6 Å². The van der Waals surface area contributed by atoms with Crippen LogP contribution in [0.2, 0.25) is 0 Å². The molecule has 0 bridgehead atoms. The molecule has 1 aliphatic carbocycles. The van der Waals surface area contributed by atoms with E-state index in [0.717, 1.165) is 62.1 Å². The van der Waals surface area contributed by atoms with E-state index in [0.29, 0.717) is 38.0 Å². The number of likely N-dealkylation sites (N-methyl/N-ethyl adjacent to an activating group) is 1. The third-order valence-electron chi connectivity index (χ3n) is 9.38. The number of anilines is 1. The molecule has 0 unspecified atom stereocenters. The van der Waals surface area contributed by atoms with E-state index in [1.165, 1.54) is 11.1 Å². The molecule has 9 nitrogen and oxygen atoms in total. The van der Waals surface area contributed by atoms with Gasteiger partial charge in [0, 0.05) is 46.5 Å². The summed E-state index contributed by atoms with van der Waals surface area (Å²) in [7, 11) is 4.87. The molecule has 9 heteroatoms. The van der Waals surface area contributed by atoms with Gasteiger partial charge in [-0.25, -0.2) is 4.79 Å². The van der Waals surface area contributed by atoms with Crippen molar-refractivity contribution in [3.8, 4) is 11.1 Å². The second-order valence-electron chi connectivity index (χ2n) is 12.7. The van der Waals surface area contributed by atoms with Crippen molar-refractivity contribution in [1.29, 1.82) is 0 Å². The van der Waals surface area contributed by atoms with Crippen molar-refractivity contribution in [1.82, 2.24) is 9.80 Å². The number of carbonyl (C=O) groups excluding carboxylic acids is 2. The highest BCUT2D eigenvalue weighted by Crippen LogP contribution is 2.39. The number of hydrogen-bond donors (Lipinski definition) is 1. The number of nitrogens with zero attached hydrogens (tertiary/aromatic N) is 2. The van der Waals surface area contributed by atoms with Crippen LogP contribution in [0.3, 0.4) is 0 Å². The Morgan fingerprint density at radius 2 is 1.55 bits per heavy atom. The summed E-state index contributed by atoms with van der Waals surface area (Å²) in [4.78, 5) is 29.3. The van der Waals surface area contributed by atoms with Gasteiger partial charge in [0.2, 0.25) is 5.91 Å². The molecule has 2 aliphatic rings. The van der Waals surface area contributed by atoms with Gasteiger partial charge in [-0.2, -0.15) is 0 Å². The van der Waals surface area contributed by atoms with Crippen molar-refractivity contribution in [2.24, 2.45) is 11.8 Å². The topological polar surface area (TPSA) is 89.6 Å². The fourth-order valence-electron chi connectivity index (χ4n) is 6.81. The summed E-state index contributed by atoms with van der Waals surface area (Å²) in [6.07, 6.45) is 3.16. The second kappa shape index (κ2) is 17.4. The average molecular weight is 644 g/mol. The van der Waals surface area contributed by atoms with Gasteiger partial charge in [0.05, 0.1) is 31.9 Å². The summed E-state index contributed by atoms with van der Waals surface area (Å²) in [6.45, 7) is 4.50. The summed E-state index contributed by atoms with van der Waals surface area (Å²) >= 11 is 0. The number of nitrogens with one attached hydrogen (secondary N) is 1. The molecule has 5 rings (SSSR count). The van der Waals surface area contributed by atoms with Crippen LogP contribution in [0.4, 0.5) is 10.5 Å². The van der Waals surface area contributed by atoms with Crippen molar-refractivity contribution < 1.29 is 28.5 Å². The molecule has 2 amide bonds. The Bertz CT molecular complexity index is 1420. The van der Waals surface area contributed by atoms with Crippen LogP contribution in [0.15, 0.2) is 78.9 Å². The molecule has 3 aromatic rings. The Balaban J connectivity index is 0.979. The summed E-state index contributed by atoms with van der Waals surface area (Å²) in [5, 5.41) is 2.99. The van der Waals surface area contributed by atoms with Crippen molar-refractivity contribution in [2.75, 3.05) is 66.0 Å². The molecule has 3 atom stereocenters. The van der Waals surface area contributed by atoms with Crippen molar-refractivity contribution in [3.05, 3.63) is 90.0 Å². The van der Waals surface area contributed by atoms with E-state index in [1.54, 1.807) is 26.2 Å². The Hall–Kier alpha value is -3.76. The van der Waals surface area contributed by atoms with E-state index in [2.05, 4.69) is 34.5 Å². The molecule has 0 spiro atoms. The van der Waals surface area contributed by atoms with Gasteiger partial charge in [-0.1, -0.05) is 72.8 Å². The SMILES string of the molecule is COC(CN(C)C(=O)CCOCCc1cccc(CCN2C[C@H]3C[C@H](OC(=O)Nc4ccccc4-c4ccccc4)C[C@H]3C2)c1)OC. The van der Waals surface area contributed by atoms with Crippen molar-refractivity contribution >= 4 is 17.7 Å². The van der Waals surface area contributed by atoms with Crippen LogP contribution in [-0.4, -0.2) is 94.9 Å². The van der Waals surface area contributed by atoms with E-state index < -0.39 is 6.29 Å². The maximum atomic E-state index is 12.8. The third kappa shape index (κ3) is 10.1. The van der Waals surface area contributed by atoms with Gasteiger partial charge in [0.25, 0.3) is 0 Å². The lowest BCUT2D eigenvalue weighted by atomic mass is 10.0. The first-order valence-corrected chi connectivity index (χ1v) is 16.7. The molecule has 1 aliphatic heterocycles. The number of ether oxygens (including phenoxy) is 4. The zero-order chi connectivity index (χ0) is 33.0. The fraction of sp³-hybridized carbons (Fsp3) is 0.474. The molecule has 47 heavy (non-hydrogen) atoms. The molecular weight excluding hydrogens is 594 g/mol. The van der Waals surface area contributed by atoms with Gasteiger partial charge in [0.15, 0.2) is 6.29 Å². The number of rotatable bonds is 16. The fourth-order valence-corrected chi connectivity index (χ4v) is 6.81. The van der Waals surface area contributed by atoms with Gasteiger partial charge < -0.3 is 28.7 Å². The van der Waals surface area contributed by atoms with Crippen LogP contribution in [0.1, 0.15) is 30.4 Å². The Kier molecular flexibility index (Phi) is 12.8. The van der Waals surface area contributed by atoms with Crippen LogP contribution < -0.4 is 5.32 Å². The van der Waals surface area contributed by atoms with Crippen LogP contribution >= 0.6 is 0 Å². The Morgan fingerprint density at radius 1 is 0.872 bits per heavy atom. The highest BCUT2D eigenvalue weighted by atomic mass is 16.7. The monoisotopic (exact) mass is 643 g/mol. The minimum atomic E-state index is -0.427. The van der Waals surface area contributed by atoms with Crippen LogP contribution in [0.25, 0.3) is 11.1 Å². The van der Waals surface area contributed by atoms with Gasteiger partial charge in [-0.3, -0.25) is 10.1 Å². The number of benzene rings is 3. The summed E-state index contributed by atoms with van der Waals surface area (Å²) in [6, 6.07) is 26.6. The maximum absolute atomic E-state index is 12.8. The number of methoxy groups -OCH3 is 2. The predicted octanol–water partition coefficient (Wildman–Crippen LogP) is 5.88. The smallest absolute Gasteiger partial charge is 0.411 e. The lowest BCUT2D eigenvalue weighted by molar-refractivity contribution is -0.143. The lowest BCUT2D eigenvalue weighted by Crippen LogP contribution is -2.36. The lowest BCUT2D eigenvalue weighted by Gasteiger charge is -2.22. The quantitative estimate of drug-likeness (QED) is 0.154. The molecule has 1 N–H and O–H groups in total. The molecule has 252 valence electrons. The first-order valence-electron chi connectivity index (χ1n) is 16.7. The van der Waals surface area contributed by atoms with Gasteiger partial charge in [0.1, 0.15) is 6.10 Å². The third-order valence-corrected chi connectivity index (χ3v) is 9.38. The summed E-state index contributed by atoms with van der Waals surface area (Å²) in [5.41, 5.74) is 5.38. The standard InChI is InChI=1S/C38H49N3O6/c1-40(27-37(44-2)45-3)36(42)18-21-46-20-17-29-11-9-10-28(22-29)16-19-41-25-31-23-33(24-32(31)26-41)47-38(43)39-35-15-8-7-14-34(35)30-12-5-4-6-13-30/h4-15,22,31-33,37H,16-21,23-27H2,1-3H3,(H,39,43)/t31-,32+,33+. The van der Waals surface area contributed by atoms with E-state index >= 15 is 0 Å². The molecule has 3 aromatic carbocycles. The number of carbonyl (C=O) groups is 2. The van der Waals surface area contributed by atoms with Gasteiger partial charge in [-0.15, -0.1) is 0 Å². The normalized spacial score (nSPS) is 19.1. The first kappa shape index (κ1) is 34.6. The average Bonchev–Trinajstić information content (AvgIpc) is 3.65. The number of hydrogen-bond acceptors (Lipinski definition) is 7. The Morgan fingerprint density at radius 3 is 2.28 bits per heavy atom. The predicted molar refractivity (Wildman–Crippen MR) is 183 cm³/mol. The molecular formula is C38H49N3O6. The molecule has 1 heterocycles.